The average molecular weight is 348 g/mol. The Labute approximate surface area is 135 Å². The van der Waals surface area contributed by atoms with Crippen LogP contribution in [0.4, 0.5) is 5.82 Å². The lowest BCUT2D eigenvalue weighted by molar-refractivity contribution is 0.442. The van der Waals surface area contributed by atoms with Gasteiger partial charge < -0.3 is 5.32 Å². The Hall–Kier alpha value is -1.42. The van der Waals surface area contributed by atoms with E-state index in [9.17, 15) is 0 Å². The number of aromatic nitrogens is 2. The standard InChI is InChI=1S/C17H22BrN3/c1-5-14-10-15(19-11-17(2,3)4)21-16(20-14)12-6-8-13(18)9-7-12/h6-10H,5,11H2,1-4H3,(H,19,20,21). The lowest BCUT2D eigenvalue weighted by Gasteiger charge is -2.19. The smallest absolute Gasteiger partial charge is 0.161 e. The number of hydrogen-bond donors (Lipinski definition) is 1. The summed E-state index contributed by atoms with van der Waals surface area (Å²) in [6, 6.07) is 10.1. The predicted octanol–water partition coefficient (Wildman–Crippen LogP) is 4.93. The second-order valence-corrected chi connectivity index (χ2v) is 7.26. The molecular formula is C17H22BrN3. The van der Waals surface area contributed by atoms with Gasteiger partial charge in [-0.05, 0) is 24.0 Å². The molecule has 1 aromatic carbocycles. The minimum absolute atomic E-state index is 0.217. The molecule has 4 heteroatoms. The molecule has 0 atom stereocenters. The van der Waals surface area contributed by atoms with Gasteiger partial charge >= 0.3 is 0 Å². The van der Waals surface area contributed by atoms with Crippen molar-refractivity contribution in [2.75, 3.05) is 11.9 Å². The third-order valence-corrected chi connectivity index (χ3v) is 3.57. The van der Waals surface area contributed by atoms with Crippen LogP contribution in [-0.2, 0) is 6.42 Å². The van der Waals surface area contributed by atoms with Crippen LogP contribution >= 0.6 is 15.9 Å². The minimum Gasteiger partial charge on any atom is -0.369 e. The summed E-state index contributed by atoms with van der Waals surface area (Å²) in [6.45, 7) is 9.61. The van der Waals surface area contributed by atoms with Crippen LogP contribution < -0.4 is 5.32 Å². The van der Waals surface area contributed by atoms with Gasteiger partial charge in [-0.2, -0.15) is 0 Å². The third kappa shape index (κ3) is 4.81. The molecule has 0 spiro atoms. The fraction of sp³-hybridized carbons (Fsp3) is 0.412. The topological polar surface area (TPSA) is 37.8 Å². The Morgan fingerprint density at radius 1 is 1.10 bits per heavy atom. The van der Waals surface area contributed by atoms with E-state index in [2.05, 4.69) is 58.9 Å². The maximum absolute atomic E-state index is 4.65. The second kappa shape index (κ2) is 6.56. The molecule has 0 aliphatic rings. The molecule has 21 heavy (non-hydrogen) atoms. The first-order valence-electron chi connectivity index (χ1n) is 7.25. The molecule has 3 nitrogen and oxygen atoms in total. The third-order valence-electron chi connectivity index (χ3n) is 3.04. The van der Waals surface area contributed by atoms with Gasteiger partial charge in [-0.1, -0.05) is 55.8 Å². The summed E-state index contributed by atoms with van der Waals surface area (Å²) >= 11 is 3.45. The lowest BCUT2D eigenvalue weighted by Crippen LogP contribution is -2.20. The number of aryl methyl sites for hydroxylation is 1. The molecule has 0 saturated heterocycles. The highest BCUT2D eigenvalue weighted by molar-refractivity contribution is 9.10. The first-order chi connectivity index (χ1) is 9.87. The normalized spacial score (nSPS) is 11.5. The Morgan fingerprint density at radius 3 is 2.33 bits per heavy atom. The molecule has 0 unspecified atom stereocenters. The number of anilines is 1. The van der Waals surface area contributed by atoms with Crippen molar-refractivity contribution < 1.29 is 0 Å². The van der Waals surface area contributed by atoms with E-state index in [-0.39, 0.29) is 5.41 Å². The highest BCUT2D eigenvalue weighted by Crippen LogP contribution is 2.22. The Morgan fingerprint density at radius 2 is 1.76 bits per heavy atom. The molecule has 0 amide bonds. The summed E-state index contributed by atoms with van der Waals surface area (Å²) in [7, 11) is 0. The van der Waals surface area contributed by atoms with Crippen molar-refractivity contribution in [1.29, 1.82) is 0 Å². The van der Waals surface area contributed by atoms with E-state index in [1.807, 2.05) is 30.3 Å². The molecule has 0 aliphatic carbocycles. The van der Waals surface area contributed by atoms with Crippen LogP contribution in [0.15, 0.2) is 34.8 Å². The Balaban J connectivity index is 2.31. The quantitative estimate of drug-likeness (QED) is 0.852. The maximum atomic E-state index is 4.65. The zero-order valence-corrected chi connectivity index (χ0v) is 14.7. The van der Waals surface area contributed by atoms with Gasteiger partial charge in [-0.25, -0.2) is 9.97 Å². The largest absolute Gasteiger partial charge is 0.369 e. The van der Waals surface area contributed by atoms with Crippen LogP contribution in [-0.4, -0.2) is 16.5 Å². The van der Waals surface area contributed by atoms with Crippen molar-refractivity contribution in [3.63, 3.8) is 0 Å². The molecule has 1 N–H and O–H groups in total. The number of halogens is 1. The van der Waals surface area contributed by atoms with Gasteiger partial charge in [0.25, 0.3) is 0 Å². The maximum Gasteiger partial charge on any atom is 0.161 e. The zero-order chi connectivity index (χ0) is 15.5. The molecule has 0 fully saturated rings. The summed E-state index contributed by atoms with van der Waals surface area (Å²) in [5, 5.41) is 3.42. The number of nitrogens with one attached hydrogen (secondary N) is 1. The number of rotatable bonds is 4. The summed E-state index contributed by atoms with van der Waals surface area (Å²) < 4.78 is 1.06. The Kier molecular flexibility index (Phi) is 4.99. The van der Waals surface area contributed by atoms with E-state index in [0.717, 1.165) is 40.3 Å². The molecule has 0 bridgehead atoms. The van der Waals surface area contributed by atoms with E-state index in [4.69, 9.17) is 0 Å². The molecule has 1 heterocycles. The number of hydrogen-bond acceptors (Lipinski definition) is 3. The van der Waals surface area contributed by atoms with E-state index in [0.29, 0.717) is 0 Å². The lowest BCUT2D eigenvalue weighted by atomic mass is 9.97. The van der Waals surface area contributed by atoms with Gasteiger partial charge in [0, 0.05) is 28.3 Å². The van der Waals surface area contributed by atoms with Gasteiger partial charge in [0.2, 0.25) is 0 Å². The molecule has 2 aromatic rings. The Bertz CT molecular complexity index is 600. The average Bonchev–Trinajstić information content (AvgIpc) is 2.45. The fourth-order valence-corrected chi connectivity index (χ4v) is 2.12. The van der Waals surface area contributed by atoms with Gasteiger partial charge in [-0.15, -0.1) is 0 Å². The monoisotopic (exact) mass is 347 g/mol. The summed E-state index contributed by atoms with van der Waals surface area (Å²) in [6.07, 6.45) is 0.899. The molecule has 0 aliphatic heterocycles. The number of benzene rings is 1. The zero-order valence-electron chi connectivity index (χ0n) is 13.1. The van der Waals surface area contributed by atoms with Crippen molar-refractivity contribution in [2.24, 2.45) is 5.41 Å². The van der Waals surface area contributed by atoms with Gasteiger partial charge in [-0.3, -0.25) is 0 Å². The van der Waals surface area contributed by atoms with Crippen LogP contribution in [0.5, 0.6) is 0 Å². The highest BCUT2D eigenvalue weighted by Gasteiger charge is 2.11. The summed E-state index contributed by atoms with van der Waals surface area (Å²) in [5.74, 6) is 1.67. The van der Waals surface area contributed by atoms with Crippen molar-refractivity contribution in [3.05, 3.63) is 40.5 Å². The summed E-state index contributed by atoms with van der Waals surface area (Å²) in [5.41, 5.74) is 2.31. The van der Waals surface area contributed by atoms with Crippen LogP contribution in [0.3, 0.4) is 0 Å². The first-order valence-corrected chi connectivity index (χ1v) is 8.04. The molecule has 112 valence electrons. The van der Waals surface area contributed by atoms with E-state index >= 15 is 0 Å². The number of nitrogens with zero attached hydrogens (tertiary/aromatic N) is 2. The molecule has 2 rings (SSSR count). The van der Waals surface area contributed by atoms with Crippen molar-refractivity contribution >= 4 is 21.7 Å². The van der Waals surface area contributed by atoms with E-state index < -0.39 is 0 Å². The fourth-order valence-electron chi connectivity index (χ4n) is 1.85. The predicted molar refractivity (Wildman–Crippen MR) is 92.5 cm³/mol. The summed E-state index contributed by atoms with van der Waals surface area (Å²) in [4.78, 5) is 9.28. The van der Waals surface area contributed by atoms with Gasteiger partial charge in [0.1, 0.15) is 5.82 Å². The minimum atomic E-state index is 0.217. The molecule has 0 saturated carbocycles. The second-order valence-electron chi connectivity index (χ2n) is 6.34. The SMILES string of the molecule is CCc1cc(NCC(C)(C)C)nc(-c2ccc(Br)cc2)n1. The first kappa shape index (κ1) is 16.0. The van der Waals surface area contributed by atoms with Crippen LogP contribution in [0.2, 0.25) is 0 Å². The van der Waals surface area contributed by atoms with Gasteiger partial charge in [0.15, 0.2) is 5.82 Å². The molecular weight excluding hydrogens is 326 g/mol. The van der Waals surface area contributed by atoms with E-state index in [1.165, 1.54) is 0 Å². The highest BCUT2D eigenvalue weighted by atomic mass is 79.9. The van der Waals surface area contributed by atoms with Crippen LogP contribution in [0, 0.1) is 5.41 Å². The van der Waals surface area contributed by atoms with Crippen molar-refractivity contribution in [1.82, 2.24) is 9.97 Å². The van der Waals surface area contributed by atoms with Crippen LogP contribution in [0.25, 0.3) is 11.4 Å². The molecule has 1 aromatic heterocycles. The van der Waals surface area contributed by atoms with Crippen molar-refractivity contribution in [2.45, 2.75) is 34.1 Å². The van der Waals surface area contributed by atoms with Crippen LogP contribution in [0.1, 0.15) is 33.4 Å². The van der Waals surface area contributed by atoms with E-state index in [1.54, 1.807) is 0 Å². The van der Waals surface area contributed by atoms with Crippen molar-refractivity contribution in [3.8, 4) is 11.4 Å². The van der Waals surface area contributed by atoms with Gasteiger partial charge in [0.05, 0.1) is 0 Å². The molecule has 0 radical (unpaired) electrons.